The second-order valence-corrected chi connectivity index (χ2v) is 4.84. The molecule has 3 N–H and O–H groups in total. The number of carboxylic acids is 1. The fourth-order valence-corrected chi connectivity index (χ4v) is 2.00. The topological polar surface area (TPSA) is 72.5 Å². The molecule has 1 unspecified atom stereocenters. The maximum Gasteiger partial charge on any atom is 0.320 e. The third-order valence-corrected chi connectivity index (χ3v) is 3.17. The van der Waals surface area contributed by atoms with Gasteiger partial charge in [-0.1, -0.05) is 30.4 Å². The van der Waals surface area contributed by atoms with Gasteiger partial charge in [-0.05, 0) is 42.5 Å². The van der Waals surface area contributed by atoms with Crippen LogP contribution in [0.15, 0.2) is 48.1 Å². The Morgan fingerprint density at radius 2 is 2.05 bits per heavy atom. The molecule has 2 rings (SSSR count). The minimum atomic E-state index is -0.985. The lowest BCUT2D eigenvalue weighted by atomic mass is 10.1. The normalized spacial score (nSPS) is 15.6. The van der Waals surface area contributed by atoms with Gasteiger partial charge in [0.05, 0.1) is 0 Å². The molecule has 1 atom stereocenters. The van der Waals surface area contributed by atoms with Crippen LogP contribution in [0.5, 0.6) is 5.75 Å². The fraction of sp³-hybridized carbons (Fsp3) is 0.312. The molecule has 4 nitrogen and oxygen atoms in total. The number of carbonyl (C=O) groups is 1. The molecule has 1 aliphatic carbocycles. The molecular formula is C16H19NO3. The van der Waals surface area contributed by atoms with Crippen LogP contribution < -0.4 is 10.5 Å². The molecule has 0 saturated carbocycles. The number of allylic oxidation sites excluding steroid dienone is 2. The summed E-state index contributed by atoms with van der Waals surface area (Å²) < 4.78 is 5.69. The van der Waals surface area contributed by atoms with E-state index in [1.807, 2.05) is 24.3 Å². The summed E-state index contributed by atoms with van der Waals surface area (Å²) in [5.74, 6) is -0.209. The standard InChI is InChI=1S/C16H19NO3/c17-15(16(18)19)10-12-6-8-14(9-7-12)20-11-13-4-2-1-3-5-13/h2,4-9,15H,1,3,10-11,17H2,(H,18,19). The molecule has 4 heteroatoms. The maximum atomic E-state index is 10.7. The first kappa shape index (κ1) is 14.3. The van der Waals surface area contributed by atoms with Gasteiger partial charge in [-0.3, -0.25) is 4.79 Å². The van der Waals surface area contributed by atoms with E-state index in [1.165, 1.54) is 5.57 Å². The van der Waals surface area contributed by atoms with Crippen molar-refractivity contribution >= 4 is 5.97 Å². The Morgan fingerprint density at radius 1 is 1.30 bits per heavy atom. The molecule has 0 saturated heterocycles. The van der Waals surface area contributed by atoms with E-state index < -0.39 is 12.0 Å². The van der Waals surface area contributed by atoms with Gasteiger partial charge in [-0.15, -0.1) is 0 Å². The van der Waals surface area contributed by atoms with Crippen molar-refractivity contribution < 1.29 is 14.6 Å². The summed E-state index contributed by atoms with van der Waals surface area (Å²) in [6.45, 7) is 0.560. The van der Waals surface area contributed by atoms with Crippen LogP contribution in [0.3, 0.4) is 0 Å². The predicted molar refractivity (Wildman–Crippen MR) is 77.7 cm³/mol. The molecule has 106 valence electrons. The first-order valence-electron chi connectivity index (χ1n) is 6.71. The summed E-state index contributed by atoms with van der Waals surface area (Å²) in [6, 6.07) is 6.53. The number of hydrogen-bond acceptors (Lipinski definition) is 3. The van der Waals surface area contributed by atoms with Crippen molar-refractivity contribution in [2.75, 3.05) is 6.61 Å². The van der Waals surface area contributed by atoms with Crippen LogP contribution in [-0.2, 0) is 11.2 Å². The van der Waals surface area contributed by atoms with Gasteiger partial charge in [0, 0.05) is 0 Å². The van der Waals surface area contributed by atoms with Crippen molar-refractivity contribution in [1.82, 2.24) is 0 Å². The summed E-state index contributed by atoms with van der Waals surface area (Å²) in [5.41, 5.74) is 7.58. The van der Waals surface area contributed by atoms with Crippen molar-refractivity contribution in [2.45, 2.75) is 25.3 Å². The first-order chi connectivity index (χ1) is 9.65. The third-order valence-electron chi connectivity index (χ3n) is 3.17. The van der Waals surface area contributed by atoms with Crippen molar-refractivity contribution in [2.24, 2.45) is 5.73 Å². The van der Waals surface area contributed by atoms with Crippen molar-refractivity contribution in [3.05, 3.63) is 53.6 Å². The highest BCUT2D eigenvalue weighted by Crippen LogP contribution is 2.16. The lowest BCUT2D eigenvalue weighted by Crippen LogP contribution is -2.32. The number of rotatable bonds is 6. The van der Waals surface area contributed by atoms with Gasteiger partial charge in [-0.25, -0.2) is 0 Å². The van der Waals surface area contributed by atoms with Crippen LogP contribution in [0.2, 0.25) is 0 Å². The van der Waals surface area contributed by atoms with E-state index in [-0.39, 0.29) is 0 Å². The van der Waals surface area contributed by atoms with E-state index in [2.05, 4.69) is 18.2 Å². The maximum absolute atomic E-state index is 10.7. The van der Waals surface area contributed by atoms with E-state index in [9.17, 15) is 4.79 Å². The van der Waals surface area contributed by atoms with E-state index in [0.717, 1.165) is 24.2 Å². The average Bonchev–Trinajstić information content (AvgIpc) is 2.47. The summed E-state index contributed by atoms with van der Waals surface area (Å²) in [5, 5.41) is 8.76. The number of nitrogens with two attached hydrogens (primary N) is 1. The van der Waals surface area contributed by atoms with Crippen LogP contribution >= 0.6 is 0 Å². The van der Waals surface area contributed by atoms with Crippen LogP contribution in [0, 0.1) is 0 Å². The third kappa shape index (κ3) is 4.24. The summed E-state index contributed by atoms with van der Waals surface area (Å²) >= 11 is 0. The van der Waals surface area contributed by atoms with Gasteiger partial charge < -0.3 is 15.6 Å². The van der Waals surface area contributed by atoms with Crippen molar-refractivity contribution in [3.8, 4) is 5.75 Å². The van der Waals surface area contributed by atoms with Crippen molar-refractivity contribution in [3.63, 3.8) is 0 Å². The lowest BCUT2D eigenvalue weighted by molar-refractivity contribution is -0.138. The molecule has 1 aromatic carbocycles. The molecule has 0 bridgehead atoms. The Kier molecular flexibility index (Phi) is 4.96. The summed E-state index contributed by atoms with van der Waals surface area (Å²) in [7, 11) is 0. The number of hydrogen-bond donors (Lipinski definition) is 2. The van der Waals surface area contributed by atoms with Gasteiger partial charge in [-0.2, -0.15) is 0 Å². The predicted octanol–water partition coefficient (Wildman–Crippen LogP) is 2.30. The van der Waals surface area contributed by atoms with Crippen LogP contribution in [0.1, 0.15) is 18.4 Å². The Balaban J connectivity index is 1.86. The van der Waals surface area contributed by atoms with Gasteiger partial charge >= 0.3 is 5.97 Å². The Bertz CT molecular complexity index is 517. The molecule has 0 heterocycles. The molecule has 1 aromatic rings. The zero-order valence-electron chi connectivity index (χ0n) is 11.3. The molecule has 0 amide bonds. The van der Waals surface area contributed by atoms with Crippen LogP contribution in [0.25, 0.3) is 0 Å². The number of aliphatic carboxylic acids is 1. The minimum Gasteiger partial charge on any atom is -0.489 e. The average molecular weight is 273 g/mol. The smallest absolute Gasteiger partial charge is 0.320 e. The monoisotopic (exact) mass is 273 g/mol. The minimum absolute atomic E-state index is 0.323. The Morgan fingerprint density at radius 3 is 2.65 bits per heavy atom. The van der Waals surface area contributed by atoms with Gasteiger partial charge in [0.15, 0.2) is 0 Å². The van der Waals surface area contributed by atoms with Crippen LogP contribution in [-0.4, -0.2) is 23.7 Å². The lowest BCUT2D eigenvalue weighted by Gasteiger charge is -2.11. The highest BCUT2D eigenvalue weighted by Gasteiger charge is 2.11. The van der Waals surface area contributed by atoms with Gasteiger partial charge in [0.25, 0.3) is 0 Å². The Hall–Kier alpha value is -2.07. The number of ether oxygens (including phenoxy) is 1. The molecule has 0 aliphatic heterocycles. The molecule has 20 heavy (non-hydrogen) atoms. The van der Waals surface area contributed by atoms with E-state index in [0.29, 0.717) is 13.0 Å². The van der Waals surface area contributed by atoms with Crippen molar-refractivity contribution in [1.29, 1.82) is 0 Å². The Labute approximate surface area is 118 Å². The highest BCUT2D eigenvalue weighted by atomic mass is 16.5. The number of benzene rings is 1. The first-order valence-corrected chi connectivity index (χ1v) is 6.71. The van der Waals surface area contributed by atoms with Crippen LogP contribution in [0.4, 0.5) is 0 Å². The largest absolute Gasteiger partial charge is 0.489 e. The summed E-state index contributed by atoms with van der Waals surface area (Å²) in [6.07, 6.45) is 8.91. The zero-order valence-corrected chi connectivity index (χ0v) is 11.3. The van der Waals surface area contributed by atoms with Gasteiger partial charge in [0.1, 0.15) is 18.4 Å². The van der Waals surface area contributed by atoms with Gasteiger partial charge in [0.2, 0.25) is 0 Å². The molecule has 0 radical (unpaired) electrons. The zero-order chi connectivity index (χ0) is 14.4. The second kappa shape index (κ2) is 6.91. The molecule has 0 spiro atoms. The molecule has 0 fully saturated rings. The summed E-state index contributed by atoms with van der Waals surface area (Å²) in [4.78, 5) is 10.7. The SMILES string of the molecule is NC(Cc1ccc(OCC2=CCCC=C2)cc1)C(=O)O. The van der Waals surface area contributed by atoms with E-state index in [1.54, 1.807) is 0 Å². The molecule has 0 aromatic heterocycles. The fourth-order valence-electron chi connectivity index (χ4n) is 2.00. The quantitative estimate of drug-likeness (QED) is 0.834. The second-order valence-electron chi connectivity index (χ2n) is 4.84. The van der Waals surface area contributed by atoms with E-state index >= 15 is 0 Å². The van der Waals surface area contributed by atoms with E-state index in [4.69, 9.17) is 15.6 Å². The molecule has 1 aliphatic rings. The highest BCUT2D eigenvalue weighted by molar-refractivity contribution is 5.73. The number of carboxylic acid groups (broad SMARTS) is 1. The molecular weight excluding hydrogens is 254 g/mol.